The van der Waals surface area contributed by atoms with E-state index in [-0.39, 0.29) is 18.0 Å². The molecule has 0 spiro atoms. The van der Waals surface area contributed by atoms with Crippen LogP contribution in [0, 0.1) is 0 Å². The first-order valence-corrected chi connectivity index (χ1v) is 5.73. The van der Waals surface area contributed by atoms with Gasteiger partial charge in [0.25, 0.3) is 5.91 Å². The number of hydrogen-bond donors (Lipinski definition) is 3. The molecule has 0 aliphatic carbocycles. The highest BCUT2D eigenvalue weighted by Gasteiger charge is 2.08. The van der Waals surface area contributed by atoms with Crippen LogP contribution in [-0.2, 0) is 0 Å². The zero-order valence-electron chi connectivity index (χ0n) is 10.5. The van der Waals surface area contributed by atoms with Crippen LogP contribution >= 0.6 is 0 Å². The molecule has 0 aliphatic heterocycles. The second kappa shape index (κ2) is 6.20. The number of anilines is 1. The van der Waals surface area contributed by atoms with E-state index >= 15 is 0 Å². The summed E-state index contributed by atoms with van der Waals surface area (Å²) in [4.78, 5) is 15.4. The van der Waals surface area contributed by atoms with Crippen LogP contribution in [0.15, 0.2) is 18.3 Å². The number of pyridine rings is 1. The van der Waals surface area contributed by atoms with Gasteiger partial charge in [-0.1, -0.05) is 0 Å². The molecule has 2 unspecified atom stereocenters. The summed E-state index contributed by atoms with van der Waals surface area (Å²) in [5.41, 5.74) is 7.02. The normalized spacial score (nSPS) is 13.9. The van der Waals surface area contributed by atoms with Gasteiger partial charge in [0.05, 0.1) is 0 Å². The van der Waals surface area contributed by atoms with E-state index in [2.05, 4.69) is 22.5 Å². The zero-order valence-corrected chi connectivity index (χ0v) is 10.5. The monoisotopic (exact) mass is 236 g/mol. The lowest BCUT2D eigenvalue weighted by Crippen LogP contribution is -2.26. The molecule has 0 bridgehead atoms. The van der Waals surface area contributed by atoms with Crippen molar-refractivity contribution in [3.05, 3.63) is 24.0 Å². The first-order valence-electron chi connectivity index (χ1n) is 5.73. The average molecular weight is 236 g/mol. The average Bonchev–Trinajstić information content (AvgIpc) is 2.27. The minimum Gasteiger partial charge on any atom is -0.382 e. The number of nitrogens with one attached hydrogen (secondary N) is 2. The molecule has 0 saturated heterocycles. The van der Waals surface area contributed by atoms with Crippen molar-refractivity contribution in [1.29, 1.82) is 0 Å². The third-order valence-corrected chi connectivity index (χ3v) is 2.36. The van der Waals surface area contributed by atoms with Crippen molar-refractivity contribution < 1.29 is 4.79 Å². The molecule has 1 rings (SSSR count). The number of amides is 1. The second-order valence-corrected chi connectivity index (χ2v) is 4.27. The molecule has 17 heavy (non-hydrogen) atoms. The molecular weight excluding hydrogens is 216 g/mol. The highest BCUT2D eigenvalue weighted by molar-refractivity contribution is 5.92. The highest BCUT2D eigenvalue weighted by Crippen LogP contribution is 2.11. The van der Waals surface area contributed by atoms with Crippen LogP contribution in [0.4, 0.5) is 5.69 Å². The fraction of sp³-hybridized carbons (Fsp3) is 0.500. The van der Waals surface area contributed by atoms with Gasteiger partial charge in [-0.25, -0.2) is 0 Å². The first kappa shape index (κ1) is 13.4. The van der Waals surface area contributed by atoms with Crippen molar-refractivity contribution in [1.82, 2.24) is 10.3 Å². The summed E-state index contributed by atoms with van der Waals surface area (Å²) in [6, 6.07) is 3.98. The Labute approximate surface area is 102 Å². The number of aromatic nitrogens is 1. The van der Waals surface area contributed by atoms with Crippen molar-refractivity contribution in [3.63, 3.8) is 0 Å². The fourth-order valence-corrected chi connectivity index (χ4v) is 1.67. The van der Waals surface area contributed by atoms with Gasteiger partial charge >= 0.3 is 0 Å². The Morgan fingerprint density at radius 1 is 1.53 bits per heavy atom. The number of carbonyl (C=O) groups is 1. The molecule has 4 N–H and O–H groups in total. The van der Waals surface area contributed by atoms with Crippen molar-refractivity contribution >= 4 is 11.6 Å². The molecule has 5 nitrogen and oxygen atoms in total. The van der Waals surface area contributed by atoms with Crippen LogP contribution in [0.2, 0.25) is 0 Å². The van der Waals surface area contributed by atoms with E-state index in [1.807, 2.05) is 13.0 Å². The Bertz CT molecular complexity index is 379. The lowest BCUT2D eigenvalue weighted by molar-refractivity contribution is 0.0958. The molecule has 94 valence electrons. The van der Waals surface area contributed by atoms with Crippen LogP contribution in [0.1, 0.15) is 30.8 Å². The minimum atomic E-state index is -0.187. The number of nitrogens with two attached hydrogens (primary N) is 1. The van der Waals surface area contributed by atoms with E-state index in [1.165, 1.54) is 0 Å². The standard InChI is InChI=1S/C12H20N4O/c1-8(13)6-9(2)16-10-4-5-15-11(7-10)12(17)14-3/h4-5,7-9H,6,13H2,1-3H3,(H,14,17)(H,15,16). The molecule has 0 aliphatic rings. The molecule has 0 aromatic carbocycles. The van der Waals surface area contributed by atoms with Gasteiger partial charge in [-0.15, -0.1) is 0 Å². The summed E-state index contributed by atoms with van der Waals surface area (Å²) in [6.45, 7) is 4.03. The van der Waals surface area contributed by atoms with Gasteiger partial charge in [-0.2, -0.15) is 0 Å². The van der Waals surface area contributed by atoms with Crippen LogP contribution in [0.25, 0.3) is 0 Å². The number of rotatable bonds is 5. The fourth-order valence-electron chi connectivity index (χ4n) is 1.67. The molecule has 5 heteroatoms. The third kappa shape index (κ3) is 4.40. The quantitative estimate of drug-likeness (QED) is 0.712. The van der Waals surface area contributed by atoms with Gasteiger partial charge in [0.15, 0.2) is 0 Å². The molecule has 0 saturated carbocycles. The summed E-state index contributed by atoms with van der Waals surface area (Å²) >= 11 is 0. The van der Waals surface area contributed by atoms with Crippen molar-refractivity contribution in [2.45, 2.75) is 32.4 Å². The van der Waals surface area contributed by atoms with Crippen LogP contribution in [0.3, 0.4) is 0 Å². The van der Waals surface area contributed by atoms with Gasteiger partial charge in [-0.3, -0.25) is 9.78 Å². The summed E-state index contributed by atoms with van der Waals surface area (Å²) < 4.78 is 0. The van der Waals surface area contributed by atoms with Gasteiger partial charge in [0.1, 0.15) is 5.69 Å². The van der Waals surface area contributed by atoms with E-state index in [1.54, 1.807) is 19.3 Å². The smallest absolute Gasteiger partial charge is 0.269 e. The van der Waals surface area contributed by atoms with Crippen molar-refractivity contribution in [2.24, 2.45) is 5.73 Å². The number of carbonyl (C=O) groups excluding carboxylic acids is 1. The second-order valence-electron chi connectivity index (χ2n) is 4.27. The van der Waals surface area contributed by atoms with Crippen LogP contribution < -0.4 is 16.4 Å². The highest BCUT2D eigenvalue weighted by atomic mass is 16.1. The molecular formula is C12H20N4O. The maximum Gasteiger partial charge on any atom is 0.269 e. The third-order valence-electron chi connectivity index (χ3n) is 2.36. The van der Waals surface area contributed by atoms with E-state index in [0.717, 1.165) is 12.1 Å². The minimum absolute atomic E-state index is 0.151. The largest absolute Gasteiger partial charge is 0.382 e. The van der Waals surface area contributed by atoms with E-state index in [4.69, 9.17) is 5.73 Å². The summed E-state index contributed by atoms with van der Waals surface area (Å²) in [6.07, 6.45) is 2.49. The van der Waals surface area contributed by atoms with Gasteiger partial charge in [0.2, 0.25) is 0 Å². The molecule has 2 atom stereocenters. The Kier molecular flexibility index (Phi) is 4.90. The SMILES string of the molecule is CNC(=O)c1cc(NC(C)CC(C)N)ccn1. The molecule has 1 heterocycles. The Morgan fingerprint density at radius 2 is 2.24 bits per heavy atom. The van der Waals surface area contributed by atoms with Crippen LogP contribution in [0.5, 0.6) is 0 Å². The summed E-state index contributed by atoms with van der Waals surface area (Å²) in [5.74, 6) is -0.187. The number of hydrogen-bond acceptors (Lipinski definition) is 4. The van der Waals surface area contributed by atoms with Crippen LogP contribution in [-0.4, -0.2) is 30.0 Å². The molecule has 0 fully saturated rings. The maximum absolute atomic E-state index is 11.4. The Balaban J connectivity index is 2.68. The van der Waals surface area contributed by atoms with Gasteiger partial charge in [0, 0.05) is 31.0 Å². The summed E-state index contributed by atoms with van der Waals surface area (Å²) in [7, 11) is 1.59. The number of nitrogens with zero attached hydrogens (tertiary/aromatic N) is 1. The zero-order chi connectivity index (χ0) is 12.8. The van der Waals surface area contributed by atoms with Crippen molar-refractivity contribution in [2.75, 3.05) is 12.4 Å². The topological polar surface area (TPSA) is 80.0 Å². The van der Waals surface area contributed by atoms with Gasteiger partial charge in [-0.05, 0) is 32.4 Å². The summed E-state index contributed by atoms with van der Waals surface area (Å²) in [5, 5.41) is 5.84. The van der Waals surface area contributed by atoms with E-state index < -0.39 is 0 Å². The predicted octanol–water partition coefficient (Wildman–Crippen LogP) is 0.979. The molecule has 1 aromatic rings. The first-order chi connectivity index (χ1) is 8.02. The van der Waals surface area contributed by atoms with Crippen molar-refractivity contribution in [3.8, 4) is 0 Å². The molecule has 1 aromatic heterocycles. The van der Waals surface area contributed by atoms with E-state index in [0.29, 0.717) is 5.69 Å². The lowest BCUT2D eigenvalue weighted by atomic mass is 10.1. The predicted molar refractivity (Wildman–Crippen MR) is 69.0 cm³/mol. The van der Waals surface area contributed by atoms with E-state index in [9.17, 15) is 4.79 Å². The molecule has 1 amide bonds. The van der Waals surface area contributed by atoms with Gasteiger partial charge < -0.3 is 16.4 Å². The maximum atomic E-state index is 11.4. The molecule has 0 radical (unpaired) electrons. The lowest BCUT2D eigenvalue weighted by Gasteiger charge is -2.17. The Hall–Kier alpha value is -1.62. The Morgan fingerprint density at radius 3 is 2.82 bits per heavy atom.